The van der Waals surface area contributed by atoms with E-state index in [-0.39, 0.29) is 17.6 Å². The first kappa shape index (κ1) is 22.9. The fraction of sp³-hybridized carbons (Fsp3) is 0.192. The van der Waals surface area contributed by atoms with Crippen molar-refractivity contribution in [3.8, 4) is 11.5 Å². The van der Waals surface area contributed by atoms with E-state index in [1.165, 1.54) is 18.4 Å². The number of hydrogen-bond donors (Lipinski definition) is 1. The molecule has 5 rings (SSSR count). The van der Waals surface area contributed by atoms with Gasteiger partial charge in [0.25, 0.3) is 5.91 Å². The molecule has 35 heavy (non-hydrogen) atoms. The van der Waals surface area contributed by atoms with E-state index in [4.69, 9.17) is 9.47 Å². The van der Waals surface area contributed by atoms with Gasteiger partial charge in [-0.2, -0.15) is 0 Å². The van der Waals surface area contributed by atoms with Gasteiger partial charge in [-0.15, -0.1) is 0 Å². The van der Waals surface area contributed by atoms with Gasteiger partial charge in [0.1, 0.15) is 5.69 Å². The summed E-state index contributed by atoms with van der Waals surface area (Å²) in [6, 6.07) is 22.0. The first-order chi connectivity index (χ1) is 16.8. The second kappa shape index (κ2) is 9.09. The summed E-state index contributed by atoms with van der Waals surface area (Å²) in [4.78, 5) is 13.5. The van der Waals surface area contributed by atoms with Gasteiger partial charge in [-0.05, 0) is 47.5 Å². The van der Waals surface area contributed by atoms with E-state index in [1.807, 2.05) is 53.1 Å². The van der Waals surface area contributed by atoms with Gasteiger partial charge >= 0.3 is 0 Å². The molecule has 0 saturated heterocycles. The SMILES string of the molecule is CN(C)S(=O)(=O)c1ccc2c(c1)cc(C(=O)NCc1ccc3c(c1)OCO3)n2Cc1ccccc1. The average molecular weight is 492 g/mol. The molecule has 8 nitrogen and oxygen atoms in total. The number of sulfonamides is 1. The molecule has 3 aromatic carbocycles. The zero-order valence-corrected chi connectivity index (χ0v) is 20.2. The Morgan fingerprint density at radius 2 is 1.71 bits per heavy atom. The van der Waals surface area contributed by atoms with E-state index in [0.29, 0.717) is 35.7 Å². The summed E-state index contributed by atoms with van der Waals surface area (Å²) in [5.41, 5.74) is 3.14. The number of nitrogens with zero attached hydrogens (tertiary/aromatic N) is 2. The molecule has 0 spiro atoms. The Balaban J connectivity index is 1.49. The molecule has 0 fully saturated rings. The van der Waals surface area contributed by atoms with Crippen LogP contribution in [-0.2, 0) is 23.1 Å². The summed E-state index contributed by atoms with van der Waals surface area (Å²) < 4.78 is 39.2. The van der Waals surface area contributed by atoms with E-state index in [0.717, 1.165) is 16.6 Å². The van der Waals surface area contributed by atoms with Crippen LogP contribution in [0, 0.1) is 0 Å². The lowest BCUT2D eigenvalue weighted by Crippen LogP contribution is -2.25. The largest absolute Gasteiger partial charge is 0.454 e. The quantitative estimate of drug-likeness (QED) is 0.427. The zero-order valence-electron chi connectivity index (χ0n) is 19.4. The van der Waals surface area contributed by atoms with Crippen LogP contribution in [0.15, 0.2) is 77.7 Å². The summed E-state index contributed by atoms with van der Waals surface area (Å²) >= 11 is 0. The standard InChI is InChI=1S/C26H25N3O5S/c1-28(2)35(31,32)21-9-10-22-20(13-21)14-23(29(22)16-18-6-4-3-5-7-18)26(30)27-15-19-8-11-24-25(12-19)34-17-33-24/h3-14H,15-17H2,1-2H3,(H,27,30). The van der Waals surface area contributed by atoms with Gasteiger partial charge in [0, 0.05) is 38.1 Å². The van der Waals surface area contributed by atoms with Crippen LogP contribution in [-0.4, -0.2) is 44.1 Å². The molecule has 1 aliphatic heterocycles. The van der Waals surface area contributed by atoms with E-state index in [2.05, 4.69) is 5.32 Å². The number of fused-ring (bicyclic) bond motifs is 2. The van der Waals surface area contributed by atoms with E-state index in [1.54, 1.807) is 24.3 Å². The molecule has 0 radical (unpaired) electrons. The molecule has 1 aliphatic rings. The fourth-order valence-corrected chi connectivity index (χ4v) is 5.01. The lowest BCUT2D eigenvalue weighted by molar-refractivity contribution is 0.0942. The number of nitrogens with one attached hydrogen (secondary N) is 1. The predicted octanol–water partition coefficient (Wildman–Crippen LogP) is 3.60. The Bertz CT molecular complexity index is 1510. The third kappa shape index (κ3) is 4.48. The smallest absolute Gasteiger partial charge is 0.268 e. The van der Waals surface area contributed by atoms with Crippen LogP contribution < -0.4 is 14.8 Å². The highest BCUT2D eigenvalue weighted by atomic mass is 32.2. The van der Waals surface area contributed by atoms with Crippen molar-refractivity contribution in [1.29, 1.82) is 0 Å². The van der Waals surface area contributed by atoms with Crippen LogP contribution in [0.25, 0.3) is 10.9 Å². The fourth-order valence-electron chi connectivity index (χ4n) is 4.07. The topological polar surface area (TPSA) is 89.9 Å². The highest BCUT2D eigenvalue weighted by Gasteiger charge is 2.21. The first-order valence-electron chi connectivity index (χ1n) is 11.1. The minimum atomic E-state index is -3.60. The first-order valence-corrected chi connectivity index (χ1v) is 12.5. The minimum absolute atomic E-state index is 0.180. The van der Waals surface area contributed by atoms with Gasteiger partial charge in [-0.25, -0.2) is 12.7 Å². The summed E-state index contributed by atoms with van der Waals surface area (Å²) in [5, 5.41) is 3.65. The summed E-state index contributed by atoms with van der Waals surface area (Å²) in [6.45, 7) is 0.968. The summed E-state index contributed by atoms with van der Waals surface area (Å²) in [6.07, 6.45) is 0. The van der Waals surface area contributed by atoms with Crippen molar-refractivity contribution in [2.45, 2.75) is 18.0 Å². The molecule has 0 aliphatic carbocycles. The molecule has 180 valence electrons. The monoisotopic (exact) mass is 491 g/mol. The van der Waals surface area contributed by atoms with E-state index < -0.39 is 10.0 Å². The maximum absolute atomic E-state index is 13.3. The van der Waals surface area contributed by atoms with Gasteiger partial charge in [0.05, 0.1) is 4.90 Å². The van der Waals surface area contributed by atoms with Crippen LogP contribution in [0.4, 0.5) is 0 Å². The molecule has 0 saturated carbocycles. The van der Waals surface area contributed by atoms with Gasteiger partial charge in [0.2, 0.25) is 16.8 Å². The van der Waals surface area contributed by atoms with Crippen LogP contribution in [0.3, 0.4) is 0 Å². The molecular weight excluding hydrogens is 466 g/mol. The van der Waals surface area contributed by atoms with Crippen molar-refractivity contribution >= 4 is 26.8 Å². The Hall–Kier alpha value is -3.82. The molecule has 1 aromatic heterocycles. The Kier molecular flexibility index (Phi) is 5.96. The van der Waals surface area contributed by atoms with E-state index in [9.17, 15) is 13.2 Å². The highest BCUT2D eigenvalue weighted by molar-refractivity contribution is 7.89. The number of carbonyl (C=O) groups is 1. The van der Waals surface area contributed by atoms with Crippen molar-refractivity contribution < 1.29 is 22.7 Å². The van der Waals surface area contributed by atoms with Gasteiger partial charge < -0.3 is 19.4 Å². The second-order valence-corrected chi connectivity index (χ2v) is 10.6. The minimum Gasteiger partial charge on any atom is -0.454 e. The number of amides is 1. The lowest BCUT2D eigenvalue weighted by Gasteiger charge is -2.13. The van der Waals surface area contributed by atoms with Crippen molar-refractivity contribution in [3.63, 3.8) is 0 Å². The lowest BCUT2D eigenvalue weighted by atomic mass is 10.2. The molecule has 4 aromatic rings. The molecule has 1 N–H and O–H groups in total. The molecule has 9 heteroatoms. The molecule has 2 heterocycles. The Morgan fingerprint density at radius 1 is 0.943 bits per heavy atom. The molecule has 1 amide bonds. The highest BCUT2D eigenvalue weighted by Crippen LogP contribution is 2.32. The second-order valence-electron chi connectivity index (χ2n) is 8.48. The van der Waals surface area contributed by atoms with Crippen LogP contribution in [0.2, 0.25) is 0 Å². The van der Waals surface area contributed by atoms with Gasteiger partial charge in [-0.3, -0.25) is 4.79 Å². The van der Waals surface area contributed by atoms with Gasteiger partial charge in [0.15, 0.2) is 11.5 Å². The van der Waals surface area contributed by atoms with E-state index >= 15 is 0 Å². The number of benzene rings is 3. The maximum atomic E-state index is 13.3. The van der Waals surface area contributed by atoms with Crippen LogP contribution in [0.5, 0.6) is 11.5 Å². The number of aromatic nitrogens is 1. The number of rotatable bonds is 7. The number of carbonyl (C=O) groups excluding carboxylic acids is 1. The summed E-state index contributed by atoms with van der Waals surface area (Å²) in [7, 11) is -0.611. The Labute approximate surface area is 203 Å². The van der Waals surface area contributed by atoms with Crippen LogP contribution in [0.1, 0.15) is 21.6 Å². The maximum Gasteiger partial charge on any atom is 0.268 e. The third-order valence-corrected chi connectivity index (χ3v) is 7.77. The summed E-state index contributed by atoms with van der Waals surface area (Å²) in [5.74, 6) is 1.09. The molecule has 0 unspecified atom stereocenters. The number of ether oxygens (including phenoxy) is 2. The zero-order chi connectivity index (χ0) is 24.6. The molecular formula is C26H25N3O5S. The van der Waals surface area contributed by atoms with Crippen LogP contribution >= 0.6 is 0 Å². The van der Waals surface area contributed by atoms with Crippen molar-refractivity contribution in [2.24, 2.45) is 0 Å². The van der Waals surface area contributed by atoms with Crippen molar-refractivity contribution in [2.75, 3.05) is 20.9 Å². The Morgan fingerprint density at radius 3 is 2.49 bits per heavy atom. The number of hydrogen-bond acceptors (Lipinski definition) is 5. The van der Waals surface area contributed by atoms with Crippen molar-refractivity contribution in [3.05, 3.63) is 89.6 Å². The average Bonchev–Trinajstić information content (AvgIpc) is 3.47. The third-order valence-electron chi connectivity index (χ3n) is 5.96. The van der Waals surface area contributed by atoms with Crippen molar-refractivity contribution in [1.82, 2.24) is 14.2 Å². The van der Waals surface area contributed by atoms with Gasteiger partial charge in [-0.1, -0.05) is 36.4 Å². The predicted molar refractivity (Wildman–Crippen MR) is 132 cm³/mol. The molecule has 0 atom stereocenters. The normalized spacial score (nSPS) is 12.9. The molecule has 0 bridgehead atoms.